The van der Waals surface area contributed by atoms with E-state index in [2.05, 4.69) is 49.1 Å². The van der Waals surface area contributed by atoms with E-state index in [0.717, 1.165) is 12.2 Å². The van der Waals surface area contributed by atoms with Gasteiger partial charge in [0.15, 0.2) is 0 Å². The summed E-state index contributed by atoms with van der Waals surface area (Å²) >= 11 is 0. The minimum atomic E-state index is 1.02. The number of hydrogen-bond acceptors (Lipinski definition) is 2. The fraction of sp³-hybridized carbons (Fsp3) is 0.579. The van der Waals surface area contributed by atoms with Gasteiger partial charge in [0, 0.05) is 12.2 Å². The first kappa shape index (κ1) is 16.1. The maximum absolute atomic E-state index is 4.12. The van der Waals surface area contributed by atoms with Crippen LogP contribution >= 0.6 is 0 Å². The molecule has 1 aliphatic rings. The number of rotatable bonds is 9. The second kappa shape index (κ2) is 8.23. The Labute approximate surface area is 130 Å². The molecular formula is C19H30N2. The number of anilines is 1. The van der Waals surface area contributed by atoms with Crippen LogP contribution in [-0.4, -0.2) is 6.54 Å². The van der Waals surface area contributed by atoms with Gasteiger partial charge in [0.25, 0.3) is 0 Å². The minimum absolute atomic E-state index is 1.02. The van der Waals surface area contributed by atoms with Crippen LogP contribution in [0.2, 0.25) is 0 Å². The van der Waals surface area contributed by atoms with Gasteiger partial charge in [0.2, 0.25) is 0 Å². The van der Waals surface area contributed by atoms with E-state index in [1.165, 1.54) is 68.2 Å². The average molecular weight is 286 g/mol. The van der Waals surface area contributed by atoms with Crippen LogP contribution in [0.3, 0.4) is 0 Å². The molecule has 0 aromatic heterocycles. The lowest BCUT2D eigenvalue weighted by Crippen LogP contribution is -2.37. The predicted molar refractivity (Wildman–Crippen MR) is 92.5 cm³/mol. The first-order valence-electron chi connectivity index (χ1n) is 8.53. The summed E-state index contributed by atoms with van der Waals surface area (Å²) < 4.78 is 0. The number of allylic oxidation sites excluding steroid dienone is 1. The summed E-state index contributed by atoms with van der Waals surface area (Å²) in [5.41, 5.74) is 8.87. The molecule has 1 aromatic rings. The number of aryl methyl sites for hydroxylation is 2. The van der Waals surface area contributed by atoms with Crippen molar-refractivity contribution >= 4 is 5.69 Å². The van der Waals surface area contributed by atoms with Crippen LogP contribution in [0, 0.1) is 0 Å². The highest BCUT2D eigenvalue weighted by atomic mass is 15.5. The van der Waals surface area contributed by atoms with Gasteiger partial charge in [-0.05, 0) is 55.9 Å². The zero-order valence-corrected chi connectivity index (χ0v) is 13.8. The maximum Gasteiger partial charge on any atom is 0.0576 e. The molecule has 2 heteroatoms. The van der Waals surface area contributed by atoms with Crippen molar-refractivity contribution in [1.82, 2.24) is 5.43 Å². The van der Waals surface area contributed by atoms with Gasteiger partial charge >= 0.3 is 0 Å². The van der Waals surface area contributed by atoms with E-state index in [9.17, 15) is 0 Å². The number of fused-ring (bicyclic) bond motifs is 1. The van der Waals surface area contributed by atoms with Gasteiger partial charge in [-0.15, -0.1) is 0 Å². The molecule has 2 rings (SSSR count). The average Bonchev–Trinajstić information content (AvgIpc) is 2.93. The topological polar surface area (TPSA) is 15.3 Å². The van der Waals surface area contributed by atoms with E-state index in [-0.39, 0.29) is 0 Å². The van der Waals surface area contributed by atoms with Crippen LogP contribution < -0.4 is 10.4 Å². The highest BCUT2D eigenvalue weighted by Crippen LogP contribution is 2.27. The quantitative estimate of drug-likeness (QED) is 0.508. The summed E-state index contributed by atoms with van der Waals surface area (Å²) in [7, 11) is 0. The number of nitrogens with zero attached hydrogens (tertiary/aromatic N) is 1. The van der Waals surface area contributed by atoms with Gasteiger partial charge in [0.05, 0.1) is 5.69 Å². The summed E-state index contributed by atoms with van der Waals surface area (Å²) in [6, 6.07) is 6.85. The molecule has 0 aliphatic heterocycles. The molecule has 1 aliphatic carbocycles. The molecule has 116 valence electrons. The van der Waals surface area contributed by atoms with Gasteiger partial charge in [-0.2, -0.15) is 0 Å². The molecule has 0 bridgehead atoms. The molecule has 1 N–H and O–H groups in total. The van der Waals surface area contributed by atoms with Crippen molar-refractivity contribution in [3.8, 4) is 0 Å². The van der Waals surface area contributed by atoms with Crippen LogP contribution in [0.15, 0.2) is 30.5 Å². The molecule has 0 saturated heterocycles. The minimum Gasteiger partial charge on any atom is -0.282 e. The van der Waals surface area contributed by atoms with E-state index in [4.69, 9.17) is 0 Å². The first-order valence-corrected chi connectivity index (χ1v) is 8.53. The van der Waals surface area contributed by atoms with E-state index < -0.39 is 0 Å². The Morgan fingerprint density at radius 1 is 1.14 bits per heavy atom. The Bertz CT molecular complexity index is 465. The molecule has 0 spiro atoms. The lowest BCUT2D eigenvalue weighted by molar-refractivity contribution is 0.581. The van der Waals surface area contributed by atoms with E-state index in [1.807, 2.05) is 0 Å². The van der Waals surface area contributed by atoms with Gasteiger partial charge in [-0.25, -0.2) is 5.43 Å². The van der Waals surface area contributed by atoms with E-state index >= 15 is 0 Å². The molecule has 1 aromatic carbocycles. The molecule has 0 unspecified atom stereocenters. The SMILES string of the molecule is C=C(C)N(NCCCCCCC)c1ccc2c(c1)CCC2. The molecule has 0 atom stereocenters. The number of hydrazine groups is 1. The molecular weight excluding hydrogens is 256 g/mol. The Morgan fingerprint density at radius 2 is 1.90 bits per heavy atom. The summed E-state index contributed by atoms with van der Waals surface area (Å²) in [6.07, 6.45) is 10.3. The van der Waals surface area contributed by atoms with Crippen LogP contribution in [0.1, 0.15) is 63.5 Å². The van der Waals surface area contributed by atoms with Crippen molar-refractivity contribution in [1.29, 1.82) is 0 Å². The molecule has 0 saturated carbocycles. The second-order valence-corrected chi connectivity index (χ2v) is 6.20. The standard InChI is InChI=1S/C19H30N2/c1-4-5-6-7-8-14-20-21(16(2)3)19-13-12-17-10-9-11-18(17)15-19/h12-13,15,20H,2,4-11,14H2,1,3H3. The number of unbranched alkanes of at least 4 members (excludes halogenated alkanes) is 4. The highest BCUT2D eigenvalue weighted by Gasteiger charge is 2.14. The van der Waals surface area contributed by atoms with Gasteiger partial charge in [0.1, 0.15) is 0 Å². The summed E-state index contributed by atoms with van der Waals surface area (Å²) in [6.45, 7) is 9.46. The maximum atomic E-state index is 4.12. The molecule has 2 nitrogen and oxygen atoms in total. The Hall–Kier alpha value is -1.28. The van der Waals surface area contributed by atoms with Gasteiger partial charge in [-0.3, -0.25) is 5.01 Å². The zero-order valence-electron chi connectivity index (χ0n) is 13.8. The smallest absolute Gasteiger partial charge is 0.0576 e. The van der Waals surface area contributed by atoms with E-state index in [1.54, 1.807) is 0 Å². The van der Waals surface area contributed by atoms with Gasteiger partial charge < -0.3 is 0 Å². The Kier molecular flexibility index (Phi) is 6.31. The van der Waals surface area contributed by atoms with Crippen molar-refractivity contribution < 1.29 is 0 Å². The summed E-state index contributed by atoms with van der Waals surface area (Å²) in [5, 5.41) is 2.15. The highest BCUT2D eigenvalue weighted by molar-refractivity contribution is 5.54. The first-order chi connectivity index (χ1) is 10.2. The van der Waals surface area contributed by atoms with Crippen molar-refractivity contribution in [2.75, 3.05) is 11.6 Å². The zero-order chi connectivity index (χ0) is 15.1. The number of benzene rings is 1. The van der Waals surface area contributed by atoms with Crippen LogP contribution in [0.5, 0.6) is 0 Å². The van der Waals surface area contributed by atoms with Crippen molar-refractivity contribution in [3.63, 3.8) is 0 Å². The van der Waals surface area contributed by atoms with Crippen LogP contribution in [0.4, 0.5) is 5.69 Å². The van der Waals surface area contributed by atoms with Crippen molar-refractivity contribution in [3.05, 3.63) is 41.6 Å². The lowest BCUT2D eigenvalue weighted by atomic mass is 10.1. The molecule has 0 heterocycles. The normalized spacial score (nSPS) is 13.2. The van der Waals surface area contributed by atoms with Crippen molar-refractivity contribution in [2.24, 2.45) is 0 Å². The number of nitrogens with one attached hydrogen (secondary N) is 1. The monoisotopic (exact) mass is 286 g/mol. The van der Waals surface area contributed by atoms with Crippen molar-refractivity contribution in [2.45, 2.75) is 65.2 Å². The molecule has 0 amide bonds. The third-order valence-corrected chi connectivity index (χ3v) is 4.27. The fourth-order valence-corrected chi connectivity index (χ4v) is 3.06. The van der Waals surface area contributed by atoms with Crippen LogP contribution in [0.25, 0.3) is 0 Å². The third kappa shape index (κ3) is 4.60. The molecule has 0 fully saturated rings. The van der Waals surface area contributed by atoms with Crippen LogP contribution in [-0.2, 0) is 12.8 Å². The Balaban J connectivity index is 1.88. The summed E-state index contributed by atoms with van der Waals surface area (Å²) in [5.74, 6) is 0. The van der Waals surface area contributed by atoms with E-state index in [0.29, 0.717) is 0 Å². The number of hydrogen-bond donors (Lipinski definition) is 1. The Morgan fingerprint density at radius 3 is 2.67 bits per heavy atom. The predicted octanol–water partition coefficient (Wildman–Crippen LogP) is 4.99. The summed E-state index contributed by atoms with van der Waals surface area (Å²) in [4.78, 5) is 0. The van der Waals surface area contributed by atoms with Gasteiger partial charge in [-0.1, -0.05) is 45.3 Å². The fourth-order valence-electron chi connectivity index (χ4n) is 3.06. The lowest BCUT2D eigenvalue weighted by Gasteiger charge is -2.26. The molecule has 21 heavy (non-hydrogen) atoms. The molecule has 0 radical (unpaired) electrons. The second-order valence-electron chi connectivity index (χ2n) is 6.20. The third-order valence-electron chi connectivity index (χ3n) is 4.27. The largest absolute Gasteiger partial charge is 0.282 e.